The number of esters is 1. The Morgan fingerprint density at radius 2 is 1.52 bits per heavy atom. The highest BCUT2D eigenvalue weighted by molar-refractivity contribution is 5.86. The van der Waals surface area contributed by atoms with E-state index in [1.54, 1.807) is 12.2 Å². The number of rotatable bonds is 5. The molecule has 0 amide bonds. The van der Waals surface area contributed by atoms with Crippen LogP contribution in [0, 0.1) is 0 Å². The first-order chi connectivity index (χ1) is 10.3. The van der Waals surface area contributed by atoms with Gasteiger partial charge in [-0.25, -0.2) is 4.79 Å². The first-order valence-electron chi connectivity index (χ1n) is 6.59. The van der Waals surface area contributed by atoms with Gasteiger partial charge in [0.25, 0.3) is 0 Å². The Morgan fingerprint density at radius 3 is 2.14 bits per heavy atom. The van der Waals surface area contributed by atoms with Gasteiger partial charge in [-0.1, -0.05) is 78.9 Å². The van der Waals surface area contributed by atoms with Gasteiger partial charge in [0.05, 0.1) is 0 Å². The van der Waals surface area contributed by atoms with Gasteiger partial charge in [-0.2, -0.15) is 0 Å². The summed E-state index contributed by atoms with van der Waals surface area (Å²) in [4.78, 5) is 10.9. The van der Waals surface area contributed by atoms with Crippen molar-refractivity contribution >= 4 is 12.0 Å². The third-order valence-electron chi connectivity index (χ3n) is 2.73. The van der Waals surface area contributed by atoms with E-state index in [9.17, 15) is 9.90 Å². The van der Waals surface area contributed by atoms with Gasteiger partial charge in [0.1, 0.15) is 0 Å². The zero-order valence-electron chi connectivity index (χ0n) is 11.4. The van der Waals surface area contributed by atoms with Crippen molar-refractivity contribution in [3.8, 4) is 0 Å². The first kappa shape index (κ1) is 14.8. The van der Waals surface area contributed by atoms with Crippen LogP contribution in [-0.4, -0.2) is 17.4 Å². The number of allylic oxidation sites excluding steroid dienone is 6. The summed E-state index contributed by atoms with van der Waals surface area (Å²) in [5.74, 6) is -0.517. The minimum atomic E-state index is -1.15. The van der Waals surface area contributed by atoms with E-state index in [-0.39, 0.29) is 0 Å². The van der Waals surface area contributed by atoms with E-state index >= 15 is 0 Å². The van der Waals surface area contributed by atoms with Crippen LogP contribution in [0.25, 0.3) is 6.08 Å². The van der Waals surface area contributed by atoms with Crippen molar-refractivity contribution in [2.24, 2.45) is 0 Å². The van der Waals surface area contributed by atoms with E-state index in [4.69, 9.17) is 0 Å². The number of cyclic esters (lactones) is 1. The van der Waals surface area contributed by atoms with Crippen LogP contribution in [-0.2, 0) is 9.53 Å². The summed E-state index contributed by atoms with van der Waals surface area (Å²) in [7, 11) is 0. The molecule has 1 aromatic rings. The molecule has 0 bridgehead atoms. The molecule has 1 aromatic carbocycles. The predicted molar refractivity (Wildman–Crippen MR) is 83.1 cm³/mol. The Labute approximate surface area is 123 Å². The SMILES string of the molecule is O=C1C=C(C=CC=CC=CC=Cc2ccccc2)C(O)O1. The molecule has 1 N–H and O–H groups in total. The molecule has 1 heterocycles. The van der Waals surface area contributed by atoms with Gasteiger partial charge in [0, 0.05) is 11.6 Å². The number of aliphatic hydroxyl groups is 1. The lowest BCUT2D eigenvalue weighted by atomic mass is 10.2. The fourth-order valence-corrected chi connectivity index (χ4v) is 1.70. The lowest BCUT2D eigenvalue weighted by Gasteiger charge is -2.01. The van der Waals surface area contributed by atoms with E-state index in [0.717, 1.165) is 5.56 Å². The number of ether oxygens (including phenoxy) is 1. The summed E-state index contributed by atoms with van der Waals surface area (Å²) in [5, 5.41) is 9.33. The van der Waals surface area contributed by atoms with Crippen LogP contribution in [0.1, 0.15) is 5.56 Å². The van der Waals surface area contributed by atoms with Crippen molar-refractivity contribution < 1.29 is 14.6 Å². The van der Waals surface area contributed by atoms with Gasteiger partial charge in [-0.15, -0.1) is 0 Å². The third kappa shape index (κ3) is 5.09. The minimum absolute atomic E-state index is 0.456. The topological polar surface area (TPSA) is 46.5 Å². The Balaban J connectivity index is 1.78. The summed E-state index contributed by atoms with van der Waals surface area (Å²) < 4.78 is 4.55. The maximum Gasteiger partial charge on any atom is 0.333 e. The maximum atomic E-state index is 10.9. The molecule has 2 rings (SSSR count). The molecule has 0 saturated carbocycles. The lowest BCUT2D eigenvalue weighted by Crippen LogP contribution is -2.08. The van der Waals surface area contributed by atoms with E-state index in [0.29, 0.717) is 5.57 Å². The Kier molecular flexibility index (Phi) is 5.50. The van der Waals surface area contributed by atoms with Crippen molar-refractivity contribution in [3.63, 3.8) is 0 Å². The van der Waals surface area contributed by atoms with Crippen LogP contribution in [0.15, 0.2) is 84.5 Å². The zero-order valence-corrected chi connectivity index (χ0v) is 11.4. The van der Waals surface area contributed by atoms with Crippen LogP contribution in [0.3, 0.4) is 0 Å². The maximum absolute atomic E-state index is 10.9. The molecule has 1 aliphatic heterocycles. The molecule has 3 heteroatoms. The quantitative estimate of drug-likeness (QED) is 0.665. The van der Waals surface area contributed by atoms with Crippen LogP contribution >= 0.6 is 0 Å². The fraction of sp³-hybridized carbons (Fsp3) is 0.0556. The molecule has 0 saturated heterocycles. The van der Waals surface area contributed by atoms with E-state index in [1.165, 1.54) is 6.08 Å². The van der Waals surface area contributed by atoms with Gasteiger partial charge < -0.3 is 9.84 Å². The number of aliphatic hydroxyl groups excluding tert-OH is 1. The van der Waals surface area contributed by atoms with E-state index < -0.39 is 12.3 Å². The predicted octanol–water partition coefficient (Wildman–Crippen LogP) is 3.17. The highest BCUT2D eigenvalue weighted by atomic mass is 16.6. The van der Waals surface area contributed by atoms with Crippen LogP contribution in [0.2, 0.25) is 0 Å². The standard InChI is InChI=1S/C18H16O3/c19-17-14-16(18(20)21-17)13-9-4-2-1-3-6-10-15-11-7-5-8-12-15/h1-14,18,20H. The molecule has 106 valence electrons. The smallest absolute Gasteiger partial charge is 0.333 e. The molecular weight excluding hydrogens is 264 g/mol. The Morgan fingerprint density at radius 1 is 0.905 bits per heavy atom. The van der Waals surface area contributed by atoms with Crippen LogP contribution < -0.4 is 0 Å². The van der Waals surface area contributed by atoms with Gasteiger partial charge in [0.15, 0.2) is 0 Å². The number of benzene rings is 1. The summed E-state index contributed by atoms with van der Waals surface area (Å²) in [6.07, 6.45) is 15.0. The van der Waals surface area contributed by atoms with Crippen molar-refractivity contribution in [2.45, 2.75) is 6.29 Å². The monoisotopic (exact) mass is 280 g/mol. The average Bonchev–Trinajstić information content (AvgIpc) is 2.81. The van der Waals surface area contributed by atoms with Crippen LogP contribution in [0.4, 0.5) is 0 Å². The number of hydrogen-bond acceptors (Lipinski definition) is 3. The van der Waals surface area contributed by atoms with Gasteiger partial charge in [0.2, 0.25) is 6.29 Å². The molecule has 0 spiro atoms. The second-order valence-electron chi connectivity index (χ2n) is 4.33. The highest BCUT2D eigenvalue weighted by Gasteiger charge is 2.20. The molecule has 1 unspecified atom stereocenters. The van der Waals surface area contributed by atoms with Crippen molar-refractivity contribution in [1.29, 1.82) is 0 Å². The lowest BCUT2D eigenvalue weighted by molar-refractivity contribution is -0.150. The molecule has 3 nitrogen and oxygen atoms in total. The highest BCUT2D eigenvalue weighted by Crippen LogP contribution is 2.13. The first-order valence-corrected chi connectivity index (χ1v) is 6.59. The second kappa shape index (κ2) is 7.82. The summed E-state index contributed by atoms with van der Waals surface area (Å²) in [5.41, 5.74) is 1.61. The fourth-order valence-electron chi connectivity index (χ4n) is 1.70. The number of carbonyl (C=O) groups is 1. The minimum Gasteiger partial charge on any atom is -0.428 e. The molecule has 0 aliphatic carbocycles. The zero-order chi connectivity index (χ0) is 14.9. The van der Waals surface area contributed by atoms with E-state index in [1.807, 2.05) is 66.8 Å². The number of hydrogen-bond donors (Lipinski definition) is 1. The second-order valence-corrected chi connectivity index (χ2v) is 4.33. The van der Waals surface area contributed by atoms with Gasteiger partial charge >= 0.3 is 5.97 Å². The van der Waals surface area contributed by atoms with Crippen LogP contribution in [0.5, 0.6) is 0 Å². The molecule has 0 aromatic heterocycles. The molecule has 21 heavy (non-hydrogen) atoms. The largest absolute Gasteiger partial charge is 0.428 e. The summed E-state index contributed by atoms with van der Waals surface area (Å²) in [6, 6.07) is 10.0. The Hall–Kier alpha value is -2.65. The molecule has 0 radical (unpaired) electrons. The third-order valence-corrected chi connectivity index (χ3v) is 2.73. The molecular formula is C18H16O3. The molecule has 0 fully saturated rings. The van der Waals surface area contributed by atoms with Crippen molar-refractivity contribution in [1.82, 2.24) is 0 Å². The van der Waals surface area contributed by atoms with Crippen molar-refractivity contribution in [3.05, 3.63) is 90.1 Å². The summed E-state index contributed by atoms with van der Waals surface area (Å²) in [6.45, 7) is 0. The molecule has 1 atom stereocenters. The van der Waals surface area contributed by atoms with Crippen molar-refractivity contribution in [2.75, 3.05) is 0 Å². The van der Waals surface area contributed by atoms with Gasteiger partial charge in [-0.05, 0) is 5.56 Å². The molecule has 1 aliphatic rings. The van der Waals surface area contributed by atoms with E-state index in [2.05, 4.69) is 4.74 Å². The van der Waals surface area contributed by atoms with Gasteiger partial charge in [-0.3, -0.25) is 0 Å². The Bertz CT molecular complexity index is 619. The summed E-state index contributed by atoms with van der Waals surface area (Å²) >= 11 is 0. The average molecular weight is 280 g/mol. The number of carbonyl (C=O) groups excluding carboxylic acids is 1. The normalized spacial score (nSPS) is 19.2.